The highest BCUT2D eigenvalue weighted by Gasteiger charge is 2.13. The molecule has 18 heavy (non-hydrogen) atoms. The Morgan fingerprint density at radius 1 is 1.17 bits per heavy atom. The minimum atomic E-state index is -4.50. The molecule has 94 valence electrons. The second-order valence-electron chi connectivity index (χ2n) is 3.74. The van der Waals surface area contributed by atoms with Crippen molar-refractivity contribution in [2.75, 3.05) is 0 Å². The van der Waals surface area contributed by atoms with Gasteiger partial charge in [-0.15, -0.1) is 0 Å². The lowest BCUT2D eigenvalue weighted by Crippen LogP contribution is -2.30. The third-order valence-corrected chi connectivity index (χ3v) is 2.78. The van der Waals surface area contributed by atoms with E-state index in [-0.39, 0.29) is 5.75 Å². The van der Waals surface area contributed by atoms with E-state index in [1.165, 1.54) is 6.07 Å². The van der Waals surface area contributed by atoms with E-state index in [2.05, 4.69) is 4.18 Å². The predicted molar refractivity (Wildman–Crippen MR) is 64.9 cm³/mol. The lowest BCUT2D eigenvalue weighted by atomic mass is 10.2. The summed E-state index contributed by atoms with van der Waals surface area (Å²) >= 11 is 0. The molecule has 1 aromatic carbocycles. The van der Waals surface area contributed by atoms with Crippen molar-refractivity contribution >= 4 is 10.4 Å². The summed E-state index contributed by atoms with van der Waals surface area (Å²) in [4.78, 5) is 0. The molecule has 0 atom stereocenters. The summed E-state index contributed by atoms with van der Waals surface area (Å²) in [5, 5.41) is 0. The fourth-order valence-electron chi connectivity index (χ4n) is 1.60. The highest BCUT2D eigenvalue weighted by atomic mass is 32.3. The fourth-order valence-corrected chi connectivity index (χ4v) is 1.95. The second-order valence-corrected chi connectivity index (χ2v) is 4.76. The smallest absolute Gasteiger partial charge is 0.362 e. The van der Waals surface area contributed by atoms with Gasteiger partial charge < -0.3 is 4.18 Å². The molecule has 0 aliphatic carbocycles. The van der Waals surface area contributed by atoms with Crippen LogP contribution in [0.5, 0.6) is 5.75 Å². The van der Waals surface area contributed by atoms with Crippen LogP contribution in [0.1, 0.15) is 5.56 Å². The Balaban J connectivity index is 2.46. The Kier molecular flexibility index (Phi) is 3.31. The maximum absolute atomic E-state index is 10.7. The van der Waals surface area contributed by atoms with Crippen LogP contribution < -0.4 is 8.75 Å². The summed E-state index contributed by atoms with van der Waals surface area (Å²) in [5.74, 6) is 0.0643. The summed E-state index contributed by atoms with van der Waals surface area (Å²) < 4.78 is 36.2. The summed E-state index contributed by atoms with van der Waals surface area (Å²) in [6.45, 7) is 1.90. The Morgan fingerprint density at radius 2 is 1.83 bits per heavy atom. The van der Waals surface area contributed by atoms with Crippen molar-refractivity contribution in [2.45, 2.75) is 6.92 Å². The summed E-state index contributed by atoms with van der Waals surface area (Å²) in [6, 6.07) is 10.3. The van der Waals surface area contributed by atoms with Gasteiger partial charge in [-0.25, -0.2) is 0 Å². The van der Waals surface area contributed by atoms with Crippen molar-refractivity contribution < 1.29 is 21.7 Å². The highest BCUT2D eigenvalue weighted by Crippen LogP contribution is 2.18. The van der Waals surface area contributed by atoms with Gasteiger partial charge in [0, 0.05) is 17.7 Å². The average molecular weight is 266 g/mol. The lowest BCUT2D eigenvalue weighted by molar-refractivity contribution is -0.596. The van der Waals surface area contributed by atoms with Crippen LogP contribution in [0.3, 0.4) is 0 Å². The summed E-state index contributed by atoms with van der Waals surface area (Å²) in [6.07, 6.45) is 3.67. The minimum Gasteiger partial charge on any atom is -0.362 e. The van der Waals surface area contributed by atoms with Gasteiger partial charge in [0.1, 0.15) is 0 Å². The van der Waals surface area contributed by atoms with Crippen molar-refractivity contribution in [1.82, 2.24) is 0 Å². The monoisotopic (exact) mass is 266 g/mol. The minimum absolute atomic E-state index is 0.0643. The Morgan fingerprint density at radius 3 is 2.44 bits per heavy atom. The van der Waals surface area contributed by atoms with E-state index in [0.717, 1.165) is 11.3 Å². The van der Waals surface area contributed by atoms with E-state index in [1.807, 2.05) is 42.1 Å². The molecule has 0 bridgehead atoms. The number of aryl methyl sites for hydroxylation is 1. The number of rotatable bonds is 3. The molecule has 0 aliphatic heterocycles. The van der Waals surface area contributed by atoms with Crippen molar-refractivity contribution in [3.63, 3.8) is 0 Å². The topological polar surface area (TPSA) is 67.5 Å². The van der Waals surface area contributed by atoms with Crippen LogP contribution in [0.2, 0.25) is 0 Å². The van der Waals surface area contributed by atoms with Gasteiger partial charge in [-0.3, -0.25) is 4.55 Å². The molecule has 1 N–H and O–H groups in total. The molecule has 0 unspecified atom stereocenters. The maximum atomic E-state index is 10.7. The molecule has 0 fully saturated rings. The SMILES string of the molecule is Cc1ccc(OS(=O)(=O)O)cc1-[n+]1ccccc1. The first-order chi connectivity index (χ1) is 8.46. The molecule has 0 radical (unpaired) electrons. The molecule has 0 spiro atoms. The van der Waals surface area contributed by atoms with Crippen molar-refractivity contribution in [1.29, 1.82) is 0 Å². The third kappa shape index (κ3) is 3.06. The first kappa shape index (κ1) is 12.5. The van der Waals surface area contributed by atoms with E-state index >= 15 is 0 Å². The molecule has 0 saturated carbocycles. The van der Waals surface area contributed by atoms with Crippen LogP contribution in [0.4, 0.5) is 0 Å². The second kappa shape index (κ2) is 4.75. The first-order valence-electron chi connectivity index (χ1n) is 5.20. The zero-order chi connectivity index (χ0) is 13.2. The van der Waals surface area contributed by atoms with Gasteiger partial charge in [-0.2, -0.15) is 13.0 Å². The first-order valence-corrected chi connectivity index (χ1v) is 6.56. The molecule has 1 heterocycles. The quantitative estimate of drug-likeness (QED) is 0.674. The molecular formula is C12H12NO4S+. The van der Waals surface area contributed by atoms with E-state index in [9.17, 15) is 8.42 Å². The standard InChI is InChI=1S/C12H11NO4S/c1-10-5-6-11(17-18(14,15)16)9-12(10)13-7-3-2-4-8-13/h2-9H,1H3/p+1. The third-order valence-electron chi connectivity index (χ3n) is 2.38. The van der Waals surface area contributed by atoms with Crippen LogP contribution in [-0.4, -0.2) is 13.0 Å². The molecule has 0 aliphatic rings. The van der Waals surface area contributed by atoms with Crippen molar-refractivity contribution in [2.24, 2.45) is 0 Å². The van der Waals surface area contributed by atoms with Crippen molar-refractivity contribution in [3.8, 4) is 11.4 Å². The van der Waals surface area contributed by atoms with Gasteiger partial charge in [0.05, 0.1) is 6.07 Å². The molecule has 1 aromatic heterocycles. The molecule has 0 saturated heterocycles. The average Bonchev–Trinajstić information content (AvgIpc) is 2.31. The van der Waals surface area contributed by atoms with Crippen LogP contribution in [0, 0.1) is 6.92 Å². The molecular weight excluding hydrogens is 254 g/mol. The van der Waals surface area contributed by atoms with Gasteiger partial charge in [0.15, 0.2) is 18.1 Å². The molecule has 6 heteroatoms. The molecule has 0 amide bonds. The molecule has 2 aromatic rings. The van der Waals surface area contributed by atoms with Gasteiger partial charge >= 0.3 is 10.4 Å². The lowest BCUT2D eigenvalue weighted by Gasteiger charge is -2.04. The highest BCUT2D eigenvalue weighted by molar-refractivity contribution is 7.81. The number of aromatic nitrogens is 1. The number of benzene rings is 1. The maximum Gasteiger partial charge on any atom is 0.446 e. The molecule has 5 nitrogen and oxygen atoms in total. The van der Waals surface area contributed by atoms with Crippen LogP contribution in [0.15, 0.2) is 48.8 Å². The number of hydrogen-bond donors (Lipinski definition) is 1. The zero-order valence-electron chi connectivity index (χ0n) is 9.65. The Hall–Kier alpha value is -1.92. The number of hydrogen-bond acceptors (Lipinski definition) is 3. The molecule has 2 rings (SSSR count). The van der Waals surface area contributed by atoms with Crippen LogP contribution >= 0.6 is 0 Å². The van der Waals surface area contributed by atoms with Gasteiger partial charge in [-0.1, -0.05) is 6.07 Å². The predicted octanol–water partition coefficient (Wildman–Crippen LogP) is 1.45. The zero-order valence-corrected chi connectivity index (χ0v) is 10.5. The number of pyridine rings is 1. The van der Waals surface area contributed by atoms with Gasteiger partial charge in [0.25, 0.3) is 0 Å². The Labute approximate surface area is 105 Å². The van der Waals surface area contributed by atoms with Crippen molar-refractivity contribution in [3.05, 3.63) is 54.4 Å². The summed E-state index contributed by atoms with van der Waals surface area (Å²) in [5.41, 5.74) is 1.73. The Bertz CT molecular complexity index is 653. The van der Waals surface area contributed by atoms with E-state index < -0.39 is 10.4 Å². The number of nitrogens with zero attached hydrogens (tertiary/aromatic N) is 1. The summed E-state index contributed by atoms with van der Waals surface area (Å²) in [7, 11) is -4.50. The van der Waals surface area contributed by atoms with Gasteiger partial charge in [0.2, 0.25) is 5.69 Å². The normalized spacial score (nSPS) is 11.2. The van der Waals surface area contributed by atoms with E-state index in [1.54, 1.807) is 12.1 Å². The van der Waals surface area contributed by atoms with Crippen LogP contribution in [-0.2, 0) is 10.4 Å². The van der Waals surface area contributed by atoms with E-state index in [0.29, 0.717) is 0 Å². The largest absolute Gasteiger partial charge is 0.446 e. The fraction of sp³-hybridized carbons (Fsp3) is 0.0833. The van der Waals surface area contributed by atoms with Crippen LogP contribution in [0.25, 0.3) is 5.69 Å². The van der Waals surface area contributed by atoms with Gasteiger partial charge in [-0.05, 0) is 19.1 Å². The van der Waals surface area contributed by atoms with E-state index in [4.69, 9.17) is 4.55 Å².